The summed E-state index contributed by atoms with van der Waals surface area (Å²) in [5.41, 5.74) is 6.15. The van der Waals surface area contributed by atoms with E-state index < -0.39 is 10.0 Å². The van der Waals surface area contributed by atoms with E-state index in [1.54, 1.807) is 25.1 Å². The molecule has 1 fully saturated rings. The lowest BCUT2D eigenvalue weighted by Gasteiger charge is -2.33. The molecule has 1 atom stereocenters. The fourth-order valence-electron chi connectivity index (χ4n) is 2.70. The minimum atomic E-state index is -3.59. The molecule has 1 aliphatic rings. The maximum atomic E-state index is 12.8. The molecule has 1 unspecified atom stereocenters. The topological polar surface area (TPSA) is 80.5 Å². The second-order valence-electron chi connectivity index (χ2n) is 5.31. The normalized spacial score (nSPS) is 20.4. The summed E-state index contributed by atoms with van der Waals surface area (Å²) >= 11 is 0. The van der Waals surface area contributed by atoms with Gasteiger partial charge in [0, 0.05) is 31.1 Å². The number of Topliss-reactive ketones (excluding diaryl/α,β-unsaturated/α-hetero) is 1. The van der Waals surface area contributed by atoms with Gasteiger partial charge in [-0.05, 0) is 25.0 Å². The Labute approximate surface area is 126 Å². The number of sulfonamides is 1. The van der Waals surface area contributed by atoms with Gasteiger partial charge < -0.3 is 5.73 Å². The second kappa shape index (κ2) is 6.68. The highest BCUT2D eigenvalue weighted by Gasteiger charge is 2.32. The Morgan fingerprint density at radius 1 is 1.38 bits per heavy atom. The highest BCUT2D eigenvalue weighted by atomic mass is 32.2. The van der Waals surface area contributed by atoms with Gasteiger partial charge in [0.1, 0.15) is 0 Å². The van der Waals surface area contributed by atoms with Gasteiger partial charge in [-0.15, -0.1) is 0 Å². The minimum Gasteiger partial charge on any atom is -0.329 e. The van der Waals surface area contributed by atoms with Crippen LogP contribution in [0, 0.1) is 0 Å². The molecule has 21 heavy (non-hydrogen) atoms. The molecule has 1 saturated heterocycles. The number of piperidine rings is 1. The van der Waals surface area contributed by atoms with Crippen molar-refractivity contribution in [3.63, 3.8) is 0 Å². The summed E-state index contributed by atoms with van der Waals surface area (Å²) in [5.74, 6) is -0.0546. The van der Waals surface area contributed by atoms with Crippen LogP contribution in [0.2, 0.25) is 0 Å². The van der Waals surface area contributed by atoms with E-state index in [0.717, 1.165) is 19.3 Å². The van der Waals surface area contributed by atoms with Gasteiger partial charge in [-0.25, -0.2) is 8.42 Å². The number of nitrogens with two attached hydrogens (primary N) is 1. The van der Waals surface area contributed by atoms with Crippen LogP contribution in [-0.2, 0) is 10.0 Å². The predicted molar refractivity (Wildman–Crippen MR) is 81.6 cm³/mol. The zero-order valence-corrected chi connectivity index (χ0v) is 13.1. The predicted octanol–water partition coefficient (Wildman–Crippen LogP) is 1.78. The van der Waals surface area contributed by atoms with Crippen molar-refractivity contribution in [1.82, 2.24) is 4.31 Å². The summed E-state index contributed by atoms with van der Waals surface area (Å²) < 4.78 is 27.0. The number of ketones is 1. The lowest BCUT2D eigenvalue weighted by molar-refractivity contribution is 0.0988. The molecule has 1 aromatic rings. The van der Waals surface area contributed by atoms with E-state index in [9.17, 15) is 13.2 Å². The third kappa shape index (κ3) is 3.33. The number of carbonyl (C=O) groups is 1. The van der Waals surface area contributed by atoms with Crippen LogP contribution in [0.5, 0.6) is 0 Å². The zero-order valence-electron chi connectivity index (χ0n) is 12.3. The fraction of sp³-hybridized carbons (Fsp3) is 0.533. The lowest BCUT2D eigenvalue weighted by Crippen LogP contribution is -2.47. The van der Waals surface area contributed by atoms with E-state index in [1.165, 1.54) is 10.4 Å². The molecule has 0 bridgehead atoms. The molecular formula is C15H22N2O3S. The number of benzene rings is 1. The molecule has 0 aromatic heterocycles. The van der Waals surface area contributed by atoms with Crippen molar-refractivity contribution in [1.29, 1.82) is 0 Å². The van der Waals surface area contributed by atoms with Gasteiger partial charge in [0.15, 0.2) is 5.78 Å². The molecule has 1 heterocycles. The Balaban J connectivity index is 2.36. The maximum Gasteiger partial charge on any atom is 0.243 e. The second-order valence-corrected chi connectivity index (χ2v) is 7.20. The SMILES string of the molecule is CCC(=O)c1cccc(S(=O)(=O)N2CCCCC2CN)c1. The summed E-state index contributed by atoms with van der Waals surface area (Å²) in [6.45, 7) is 2.58. The Kier molecular flexibility index (Phi) is 5.13. The number of hydrogen-bond donors (Lipinski definition) is 1. The van der Waals surface area contributed by atoms with Crippen molar-refractivity contribution in [2.75, 3.05) is 13.1 Å². The molecule has 0 aliphatic carbocycles. The summed E-state index contributed by atoms with van der Waals surface area (Å²) in [6, 6.07) is 6.15. The molecule has 0 amide bonds. The molecule has 0 radical (unpaired) electrons. The summed E-state index contributed by atoms with van der Waals surface area (Å²) in [5, 5.41) is 0. The first-order chi connectivity index (χ1) is 10.0. The van der Waals surface area contributed by atoms with E-state index in [0.29, 0.717) is 25.1 Å². The van der Waals surface area contributed by atoms with E-state index in [4.69, 9.17) is 5.73 Å². The highest BCUT2D eigenvalue weighted by molar-refractivity contribution is 7.89. The minimum absolute atomic E-state index is 0.0546. The van der Waals surface area contributed by atoms with E-state index >= 15 is 0 Å². The molecule has 6 heteroatoms. The third-order valence-corrected chi connectivity index (χ3v) is 5.88. The highest BCUT2D eigenvalue weighted by Crippen LogP contribution is 2.25. The number of nitrogens with zero attached hydrogens (tertiary/aromatic N) is 1. The van der Waals surface area contributed by atoms with Crippen molar-refractivity contribution < 1.29 is 13.2 Å². The summed E-state index contributed by atoms with van der Waals surface area (Å²) in [6.07, 6.45) is 3.01. The van der Waals surface area contributed by atoms with Crippen LogP contribution in [0.1, 0.15) is 43.0 Å². The first-order valence-electron chi connectivity index (χ1n) is 7.36. The molecule has 0 saturated carbocycles. The van der Waals surface area contributed by atoms with Gasteiger partial charge in [-0.2, -0.15) is 4.31 Å². The Hall–Kier alpha value is -1.24. The largest absolute Gasteiger partial charge is 0.329 e. The van der Waals surface area contributed by atoms with Crippen LogP contribution in [0.3, 0.4) is 0 Å². The van der Waals surface area contributed by atoms with Crippen molar-refractivity contribution >= 4 is 15.8 Å². The van der Waals surface area contributed by atoms with Crippen LogP contribution in [0.4, 0.5) is 0 Å². The molecule has 2 rings (SSSR count). The Morgan fingerprint density at radius 2 is 2.14 bits per heavy atom. The first-order valence-corrected chi connectivity index (χ1v) is 8.80. The molecule has 1 aromatic carbocycles. The Morgan fingerprint density at radius 3 is 2.81 bits per heavy atom. The lowest BCUT2D eigenvalue weighted by atomic mass is 10.1. The fourth-order valence-corrected chi connectivity index (χ4v) is 4.45. The van der Waals surface area contributed by atoms with Crippen molar-refractivity contribution in [3.05, 3.63) is 29.8 Å². The quantitative estimate of drug-likeness (QED) is 0.841. The van der Waals surface area contributed by atoms with Gasteiger partial charge >= 0.3 is 0 Å². The van der Waals surface area contributed by atoms with Gasteiger partial charge in [-0.1, -0.05) is 25.5 Å². The first kappa shape index (κ1) is 16.1. The van der Waals surface area contributed by atoms with Gasteiger partial charge in [0.25, 0.3) is 0 Å². The van der Waals surface area contributed by atoms with Gasteiger partial charge in [0.2, 0.25) is 10.0 Å². The molecule has 1 aliphatic heterocycles. The third-order valence-electron chi connectivity index (χ3n) is 3.93. The number of rotatable bonds is 5. The average Bonchev–Trinajstić information content (AvgIpc) is 2.54. The van der Waals surface area contributed by atoms with Crippen LogP contribution < -0.4 is 5.73 Å². The number of hydrogen-bond acceptors (Lipinski definition) is 4. The van der Waals surface area contributed by atoms with Crippen molar-refractivity contribution in [2.45, 2.75) is 43.5 Å². The maximum absolute atomic E-state index is 12.8. The van der Waals surface area contributed by atoms with E-state index in [2.05, 4.69) is 0 Å². The smallest absolute Gasteiger partial charge is 0.243 e. The molecular weight excluding hydrogens is 288 g/mol. The molecule has 5 nitrogen and oxygen atoms in total. The van der Waals surface area contributed by atoms with Crippen LogP contribution in [0.25, 0.3) is 0 Å². The standard InChI is InChI=1S/C15H22N2O3S/c1-2-15(18)12-6-5-8-14(10-12)21(19,20)17-9-4-3-7-13(17)11-16/h5-6,8,10,13H,2-4,7,9,11,16H2,1H3. The van der Waals surface area contributed by atoms with Gasteiger partial charge in [0.05, 0.1) is 4.90 Å². The number of carbonyl (C=O) groups excluding carboxylic acids is 1. The summed E-state index contributed by atoms with van der Waals surface area (Å²) in [7, 11) is -3.59. The van der Waals surface area contributed by atoms with Crippen molar-refractivity contribution in [3.8, 4) is 0 Å². The Bertz CT molecular complexity index is 613. The van der Waals surface area contributed by atoms with E-state index in [-0.39, 0.29) is 16.7 Å². The molecule has 0 spiro atoms. The van der Waals surface area contributed by atoms with E-state index in [1.807, 2.05) is 0 Å². The van der Waals surface area contributed by atoms with Crippen LogP contribution in [-0.4, -0.2) is 37.6 Å². The monoisotopic (exact) mass is 310 g/mol. The van der Waals surface area contributed by atoms with Crippen LogP contribution in [0.15, 0.2) is 29.2 Å². The zero-order chi connectivity index (χ0) is 15.5. The van der Waals surface area contributed by atoms with Crippen molar-refractivity contribution in [2.24, 2.45) is 5.73 Å². The summed E-state index contributed by atoms with van der Waals surface area (Å²) in [4.78, 5) is 11.9. The average molecular weight is 310 g/mol. The van der Waals surface area contributed by atoms with Crippen LogP contribution >= 0.6 is 0 Å². The molecule has 116 valence electrons. The van der Waals surface area contributed by atoms with Gasteiger partial charge in [-0.3, -0.25) is 4.79 Å². The molecule has 2 N–H and O–H groups in total.